The number of rotatable bonds is 5. The van der Waals surface area contributed by atoms with E-state index in [1.165, 1.54) is 15.4 Å². The van der Waals surface area contributed by atoms with Crippen LogP contribution in [0.2, 0.25) is 5.02 Å². The summed E-state index contributed by atoms with van der Waals surface area (Å²) in [6.07, 6.45) is 0.819. The molecule has 1 atom stereocenters. The number of halogens is 1. The molecule has 0 spiro atoms. The minimum absolute atomic E-state index is 0.115. The van der Waals surface area contributed by atoms with E-state index >= 15 is 0 Å². The van der Waals surface area contributed by atoms with Crippen LogP contribution in [0.4, 0.5) is 0 Å². The molecular formula is C16H18ClNOS. The van der Waals surface area contributed by atoms with Crippen molar-refractivity contribution >= 4 is 23.4 Å². The van der Waals surface area contributed by atoms with Crippen molar-refractivity contribution in [1.82, 2.24) is 0 Å². The van der Waals surface area contributed by atoms with E-state index in [0.29, 0.717) is 0 Å². The summed E-state index contributed by atoms with van der Waals surface area (Å²) >= 11 is 7.79. The Morgan fingerprint density at radius 1 is 1.20 bits per heavy atom. The zero-order valence-corrected chi connectivity index (χ0v) is 13.2. The van der Waals surface area contributed by atoms with E-state index in [1.807, 2.05) is 43.3 Å². The largest absolute Gasteiger partial charge is 0.497 e. The number of ether oxygens (including phenoxy) is 1. The van der Waals surface area contributed by atoms with Crippen LogP contribution in [0.1, 0.15) is 12.5 Å². The molecule has 0 bridgehead atoms. The maximum Gasteiger partial charge on any atom is 0.118 e. The highest BCUT2D eigenvalue weighted by molar-refractivity contribution is 7.99. The van der Waals surface area contributed by atoms with E-state index in [0.717, 1.165) is 17.2 Å². The zero-order chi connectivity index (χ0) is 14.5. The summed E-state index contributed by atoms with van der Waals surface area (Å²) in [5.41, 5.74) is 7.09. The zero-order valence-electron chi connectivity index (χ0n) is 11.6. The first-order valence-corrected chi connectivity index (χ1v) is 7.64. The van der Waals surface area contributed by atoms with Gasteiger partial charge in [-0.25, -0.2) is 0 Å². The van der Waals surface area contributed by atoms with Gasteiger partial charge in [-0.1, -0.05) is 23.4 Å². The van der Waals surface area contributed by atoms with Crippen LogP contribution < -0.4 is 10.5 Å². The highest BCUT2D eigenvalue weighted by Crippen LogP contribution is 2.33. The van der Waals surface area contributed by atoms with Crippen molar-refractivity contribution in [1.29, 1.82) is 0 Å². The quantitative estimate of drug-likeness (QED) is 0.890. The fourth-order valence-electron chi connectivity index (χ4n) is 1.92. The maximum atomic E-state index is 6.08. The minimum Gasteiger partial charge on any atom is -0.497 e. The summed E-state index contributed by atoms with van der Waals surface area (Å²) in [5, 5.41) is 0.750. The van der Waals surface area contributed by atoms with Gasteiger partial charge in [-0.15, -0.1) is 0 Å². The van der Waals surface area contributed by atoms with Crippen molar-refractivity contribution in [2.45, 2.75) is 29.2 Å². The summed E-state index contributed by atoms with van der Waals surface area (Å²) in [4.78, 5) is 2.36. The predicted molar refractivity (Wildman–Crippen MR) is 85.9 cm³/mol. The maximum absolute atomic E-state index is 6.08. The third-order valence-corrected chi connectivity index (χ3v) is 4.21. The monoisotopic (exact) mass is 307 g/mol. The molecule has 0 aromatic heterocycles. The fourth-order valence-corrected chi connectivity index (χ4v) is 3.05. The first-order valence-electron chi connectivity index (χ1n) is 6.44. The molecule has 0 radical (unpaired) electrons. The number of benzene rings is 2. The molecule has 1 unspecified atom stereocenters. The molecule has 4 heteroatoms. The smallest absolute Gasteiger partial charge is 0.118 e. The van der Waals surface area contributed by atoms with Crippen molar-refractivity contribution in [2.24, 2.45) is 5.73 Å². The minimum atomic E-state index is 0.115. The number of hydrogen-bond acceptors (Lipinski definition) is 3. The van der Waals surface area contributed by atoms with Crippen molar-refractivity contribution < 1.29 is 4.74 Å². The molecular weight excluding hydrogens is 290 g/mol. The normalized spacial score (nSPS) is 12.2. The third-order valence-electron chi connectivity index (χ3n) is 2.85. The lowest BCUT2D eigenvalue weighted by molar-refractivity contribution is 0.414. The Kier molecular flexibility index (Phi) is 5.35. The Labute approximate surface area is 129 Å². The average Bonchev–Trinajstić information content (AvgIpc) is 2.42. The van der Waals surface area contributed by atoms with Gasteiger partial charge in [-0.05, 0) is 61.4 Å². The molecule has 106 valence electrons. The Bertz CT molecular complexity index is 569. The molecule has 0 aliphatic carbocycles. The molecule has 2 rings (SSSR count). The lowest BCUT2D eigenvalue weighted by Crippen LogP contribution is -2.18. The second kappa shape index (κ2) is 7.02. The Morgan fingerprint density at radius 2 is 1.90 bits per heavy atom. The van der Waals surface area contributed by atoms with E-state index < -0.39 is 0 Å². The second-order valence-electron chi connectivity index (χ2n) is 4.71. The first-order chi connectivity index (χ1) is 9.58. The lowest BCUT2D eigenvalue weighted by Gasteiger charge is -2.12. The van der Waals surface area contributed by atoms with Crippen LogP contribution in [0.3, 0.4) is 0 Å². The summed E-state index contributed by atoms with van der Waals surface area (Å²) in [6, 6.07) is 14.1. The highest BCUT2D eigenvalue weighted by atomic mass is 35.5. The van der Waals surface area contributed by atoms with Crippen molar-refractivity contribution in [3.63, 3.8) is 0 Å². The molecule has 2 nitrogen and oxygen atoms in total. The molecule has 0 aliphatic rings. The van der Waals surface area contributed by atoms with Crippen molar-refractivity contribution in [3.05, 3.63) is 53.1 Å². The van der Waals surface area contributed by atoms with Crippen LogP contribution in [0, 0.1) is 0 Å². The van der Waals surface area contributed by atoms with Gasteiger partial charge in [0.2, 0.25) is 0 Å². The Morgan fingerprint density at radius 3 is 2.50 bits per heavy atom. The van der Waals surface area contributed by atoms with Crippen LogP contribution in [0.5, 0.6) is 5.75 Å². The summed E-state index contributed by atoms with van der Waals surface area (Å²) in [7, 11) is 1.67. The van der Waals surface area contributed by atoms with Crippen LogP contribution in [-0.4, -0.2) is 13.2 Å². The first kappa shape index (κ1) is 15.2. The lowest BCUT2D eigenvalue weighted by atomic mass is 10.1. The van der Waals surface area contributed by atoms with Crippen molar-refractivity contribution in [3.8, 4) is 5.75 Å². The van der Waals surface area contributed by atoms with Gasteiger partial charge < -0.3 is 10.5 Å². The molecule has 0 aliphatic heterocycles. The molecule has 0 amide bonds. The van der Waals surface area contributed by atoms with Gasteiger partial charge in [-0.2, -0.15) is 0 Å². The number of nitrogens with two attached hydrogens (primary N) is 1. The fraction of sp³-hybridized carbons (Fsp3) is 0.250. The van der Waals surface area contributed by atoms with Gasteiger partial charge in [0.15, 0.2) is 0 Å². The summed E-state index contributed by atoms with van der Waals surface area (Å²) < 4.78 is 5.17. The molecule has 0 fully saturated rings. The molecule has 0 saturated heterocycles. The predicted octanol–water partition coefficient (Wildman–Crippen LogP) is 4.39. The van der Waals surface area contributed by atoms with Gasteiger partial charge in [0.1, 0.15) is 5.75 Å². The van der Waals surface area contributed by atoms with E-state index in [1.54, 1.807) is 18.9 Å². The standard InChI is InChI=1S/C16H18ClNOS/c1-11(18)9-12-10-13(17)3-8-16(12)20-15-6-4-14(19-2)5-7-15/h3-8,10-11H,9,18H2,1-2H3. The molecule has 2 aromatic rings. The van der Waals surface area contributed by atoms with Crippen LogP contribution in [0.15, 0.2) is 52.3 Å². The highest BCUT2D eigenvalue weighted by Gasteiger charge is 2.08. The van der Waals surface area contributed by atoms with Crippen molar-refractivity contribution in [2.75, 3.05) is 7.11 Å². The topological polar surface area (TPSA) is 35.2 Å². The Balaban J connectivity index is 2.22. The average molecular weight is 308 g/mol. The third kappa shape index (κ3) is 4.17. The van der Waals surface area contributed by atoms with Crippen LogP contribution in [0.25, 0.3) is 0 Å². The van der Waals surface area contributed by atoms with Gasteiger partial charge in [0, 0.05) is 20.9 Å². The molecule has 2 N–H and O–H groups in total. The number of methoxy groups -OCH3 is 1. The van der Waals surface area contributed by atoms with Crippen LogP contribution >= 0.6 is 23.4 Å². The number of hydrogen-bond donors (Lipinski definition) is 1. The summed E-state index contributed by atoms with van der Waals surface area (Å²) in [5.74, 6) is 0.862. The van der Waals surface area contributed by atoms with E-state index in [-0.39, 0.29) is 6.04 Å². The SMILES string of the molecule is COc1ccc(Sc2ccc(Cl)cc2CC(C)N)cc1. The molecule has 0 saturated carbocycles. The Hall–Kier alpha value is -1.16. The van der Waals surface area contributed by atoms with Gasteiger partial charge in [0.25, 0.3) is 0 Å². The summed E-state index contributed by atoms with van der Waals surface area (Å²) in [6.45, 7) is 2.00. The van der Waals surface area contributed by atoms with Gasteiger partial charge in [0.05, 0.1) is 7.11 Å². The van der Waals surface area contributed by atoms with Crippen LogP contribution in [-0.2, 0) is 6.42 Å². The van der Waals surface area contributed by atoms with E-state index in [4.69, 9.17) is 22.1 Å². The molecule has 20 heavy (non-hydrogen) atoms. The second-order valence-corrected chi connectivity index (χ2v) is 6.26. The van der Waals surface area contributed by atoms with Gasteiger partial charge >= 0.3 is 0 Å². The van der Waals surface area contributed by atoms with Gasteiger partial charge in [-0.3, -0.25) is 0 Å². The van der Waals surface area contributed by atoms with E-state index in [2.05, 4.69) is 6.07 Å². The van der Waals surface area contributed by atoms with E-state index in [9.17, 15) is 0 Å². The molecule has 0 heterocycles. The molecule has 2 aromatic carbocycles.